The smallest absolute Gasteiger partial charge is 0.387 e. The Kier molecular flexibility index (Phi) is 5.17. The van der Waals surface area contributed by atoms with E-state index in [1.54, 1.807) is 12.1 Å². The van der Waals surface area contributed by atoms with Crippen LogP contribution in [-0.2, 0) is 6.54 Å². The monoisotopic (exact) mass is 355 g/mol. The molecule has 21 heavy (non-hydrogen) atoms. The SMILES string of the molecule is Cc1cc(C)cc(NCc2cc(Br)ccc2OC(F)F)c1. The molecule has 0 unspecified atom stereocenters. The van der Waals surface area contributed by atoms with Crippen LogP contribution in [0.4, 0.5) is 14.5 Å². The largest absolute Gasteiger partial charge is 0.434 e. The van der Waals surface area contributed by atoms with Crippen LogP contribution in [0.25, 0.3) is 0 Å². The van der Waals surface area contributed by atoms with Crippen molar-refractivity contribution >= 4 is 21.6 Å². The van der Waals surface area contributed by atoms with Gasteiger partial charge < -0.3 is 10.1 Å². The second-order valence-corrected chi connectivity index (χ2v) is 5.78. The van der Waals surface area contributed by atoms with Crippen molar-refractivity contribution in [3.8, 4) is 5.75 Å². The fourth-order valence-corrected chi connectivity index (χ4v) is 2.58. The second kappa shape index (κ2) is 6.89. The molecule has 0 amide bonds. The van der Waals surface area contributed by atoms with E-state index in [1.807, 2.05) is 26.0 Å². The van der Waals surface area contributed by atoms with Gasteiger partial charge in [-0.25, -0.2) is 0 Å². The van der Waals surface area contributed by atoms with Crippen molar-refractivity contribution in [3.05, 3.63) is 57.6 Å². The summed E-state index contributed by atoms with van der Waals surface area (Å²) in [5.74, 6) is 0.185. The summed E-state index contributed by atoms with van der Waals surface area (Å²) in [6, 6.07) is 11.1. The molecule has 0 atom stereocenters. The normalized spacial score (nSPS) is 10.8. The van der Waals surface area contributed by atoms with Crippen LogP contribution in [0.3, 0.4) is 0 Å². The van der Waals surface area contributed by atoms with E-state index in [0.717, 1.165) is 21.3 Å². The van der Waals surface area contributed by atoms with E-state index in [4.69, 9.17) is 0 Å². The highest BCUT2D eigenvalue weighted by Gasteiger charge is 2.10. The average Bonchev–Trinajstić information content (AvgIpc) is 2.37. The van der Waals surface area contributed by atoms with Crippen molar-refractivity contribution in [2.24, 2.45) is 0 Å². The molecule has 2 aromatic rings. The van der Waals surface area contributed by atoms with E-state index >= 15 is 0 Å². The quantitative estimate of drug-likeness (QED) is 0.787. The molecule has 0 radical (unpaired) electrons. The number of ether oxygens (including phenoxy) is 1. The molecule has 5 heteroatoms. The number of benzene rings is 2. The number of nitrogens with one attached hydrogen (secondary N) is 1. The fraction of sp³-hybridized carbons (Fsp3) is 0.250. The van der Waals surface area contributed by atoms with Crippen LogP contribution in [0.5, 0.6) is 5.75 Å². The Balaban J connectivity index is 2.16. The molecule has 2 aromatic carbocycles. The molecule has 2 nitrogen and oxygen atoms in total. The lowest BCUT2D eigenvalue weighted by molar-refractivity contribution is -0.0504. The van der Waals surface area contributed by atoms with Crippen LogP contribution in [0.2, 0.25) is 0 Å². The predicted molar refractivity (Wildman–Crippen MR) is 84.0 cm³/mol. The molecule has 0 saturated carbocycles. The van der Waals surface area contributed by atoms with Crippen LogP contribution in [0, 0.1) is 13.8 Å². The number of hydrogen-bond donors (Lipinski definition) is 1. The van der Waals surface area contributed by atoms with E-state index < -0.39 is 6.61 Å². The van der Waals surface area contributed by atoms with Crippen molar-refractivity contribution in [3.63, 3.8) is 0 Å². The molecule has 0 aliphatic heterocycles. The maximum atomic E-state index is 12.4. The first-order valence-electron chi connectivity index (χ1n) is 6.49. The van der Waals surface area contributed by atoms with Gasteiger partial charge in [0.25, 0.3) is 0 Å². The Labute approximate surface area is 131 Å². The van der Waals surface area contributed by atoms with Gasteiger partial charge >= 0.3 is 6.61 Å². The first-order valence-corrected chi connectivity index (χ1v) is 7.29. The zero-order valence-electron chi connectivity index (χ0n) is 11.8. The molecule has 0 aromatic heterocycles. The Bertz CT molecular complexity index is 611. The summed E-state index contributed by atoms with van der Waals surface area (Å²) < 4.78 is 30.2. The van der Waals surface area contributed by atoms with Crippen molar-refractivity contribution in [1.82, 2.24) is 0 Å². The zero-order chi connectivity index (χ0) is 15.4. The minimum absolute atomic E-state index is 0.185. The summed E-state index contributed by atoms with van der Waals surface area (Å²) in [5, 5.41) is 3.24. The van der Waals surface area contributed by atoms with Gasteiger partial charge in [-0.1, -0.05) is 22.0 Å². The summed E-state index contributed by atoms with van der Waals surface area (Å²) in [7, 11) is 0. The highest BCUT2D eigenvalue weighted by atomic mass is 79.9. The summed E-state index contributed by atoms with van der Waals surface area (Å²) in [5.41, 5.74) is 3.92. The molecule has 0 fully saturated rings. The Morgan fingerprint density at radius 1 is 1.10 bits per heavy atom. The minimum Gasteiger partial charge on any atom is -0.434 e. The molecule has 112 valence electrons. The summed E-state index contributed by atoms with van der Waals surface area (Å²) in [4.78, 5) is 0. The number of rotatable bonds is 5. The van der Waals surface area contributed by atoms with Crippen molar-refractivity contribution in [1.29, 1.82) is 0 Å². The van der Waals surface area contributed by atoms with E-state index in [1.165, 1.54) is 6.07 Å². The molecule has 0 saturated heterocycles. The number of halogens is 3. The van der Waals surface area contributed by atoms with Gasteiger partial charge in [-0.05, 0) is 55.3 Å². The molecule has 0 aliphatic rings. The first kappa shape index (κ1) is 15.8. The molecule has 2 rings (SSSR count). The zero-order valence-corrected chi connectivity index (χ0v) is 13.4. The predicted octanol–water partition coefficient (Wildman–Crippen LogP) is 5.28. The Hall–Kier alpha value is -1.62. The van der Waals surface area contributed by atoms with E-state index in [0.29, 0.717) is 12.1 Å². The molecule has 0 aliphatic carbocycles. The first-order chi connectivity index (χ1) is 9.94. The van der Waals surface area contributed by atoms with E-state index in [-0.39, 0.29) is 5.75 Å². The van der Waals surface area contributed by atoms with Gasteiger partial charge in [0.05, 0.1) is 0 Å². The summed E-state index contributed by atoms with van der Waals surface area (Å²) in [6.07, 6.45) is 0. The van der Waals surface area contributed by atoms with Crippen LogP contribution in [-0.4, -0.2) is 6.61 Å². The highest BCUT2D eigenvalue weighted by molar-refractivity contribution is 9.10. The molecule has 0 spiro atoms. The third-order valence-corrected chi connectivity index (χ3v) is 3.44. The maximum Gasteiger partial charge on any atom is 0.387 e. The number of aryl methyl sites for hydroxylation is 2. The van der Waals surface area contributed by atoms with Gasteiger partial charge in [-0.3, -0.25) is 0 Å². The fourth-order valence-electron chi connectivity index (χ4n) is 2.17. The average molecular weight is 356 g/mol. The lowest BCUT2D eigenvalue weighted by Gasteiger charge is -2.13. The van der Waals surface area contributed by atoms with Crippen LogP contribution in [0.15, 0.2) is 40.9 Å². The van der Waals surface area contributed by atoms with Gasteiger partial charge in [-0.2, -0.15) is 8.78 Å². The third-order valence-electron chi connectivity index (χ3n) is 2.94. The van der Waals surface area contributed by atoms with Crippen LogP contribution >= 0.6 is 15.9 Å². The third kappa shape index (κ3) is 4.70. The van der Waals surface area contributed by atoms with Gasteiger partial charge in [0.2, 0.25) is 0 Å². The van der Waals surface area contributed by atoms with E-state index in [9.17, 15) is 8.78 Å². The number of anilines is 1. The van der Waals surface area contributed by atoms with Crippen molar-refractivity contribution < 1.29 is 13.5 Å². The lowest BCUT2D eigenvalue weighted by atomic mass is 10.1. The standard InChI is InChI=1S/C16H16BrF2NO/c1-10-5-11(2)7-14(6-10)20-9-12-8-13(17)3-4-15(12)21-16(18)19/h3-8,16,20H,9H2,1-2H3. The van der Waals surface area contributed by atoms with Crippen molar-refractivity contribution in [2.45, 2.75) is 27.0 Å². The number of alkyl halides is 2. The molecular weight excluding hydrogens is 340 g/mol. The van der Waals surface area contributed by atoms with Gasteiger partial charge in [0, 0.05) is 22.3 Å². The maximum absolute atomic E-state index is 12.4. The van der Waals surface area contributed by atoms with Gasteiger partial charge in [0.15, 0.2) is 0 Å². The number of hydrogen-bond acceptors (Lipinski definition) is 2. The second-order valence-electron chi connectivity index (χ2n) is 4.86. The minimum atomic E-state index is -2.83. The van der Waals surface area contributed by atoms with Gasteiger partial charge in [0.1, 0.15) is 5.75 Å². The Morgan fingerprint density at radius 2 is 1.76 bits per heavy atom. The van der Waals surface area contributed by atoms with Crippen LogP contribution < -0.4 is 10.1 Å². The molecule has 0 bridgehead atoms. The molecular formula is C16H16BrF2NO. The Morgan fingerprint density at radius 3 is 2.38 bits per heavy atom. The summed E-state index contributed by atoms with van der Waals surface area (Å²) >= 11 is 3.34. The lowest BCUT2D eigenvalue weighted by Crippen LogP contribution is -2.07. The molecule has 1 N–H and O–H groups in total. The van der Waals surface area contributed by atoms with Crippen LogP contribution in [0.1, 0.15) is 16.7 Å². The summed E-state index contributed by atoms with van der Waals surface area (Å²) in [6.45, 7) is 1.61. The molecule has 0 heterocycles. The topological polar surface area (TPSA) is 21.3 Å². The highest BCUT2D eigenvalue weighted by Crippen LogP contribution is 2.26. The van der Waals surface area contributed by atoms with Crippen molar-refractivity contribution in [2.75, 3.05) is 5.32 Å². The van der Waals surface area contributed by atoms with Gasteiger partial charge in [-0.15, -0.1) is 0 Å². The van der Waals surface area contributed by atoms with E-state index in [2.05, 4.69) is 32.0 Å².